The Kier molecular flexibility index (Phi) is 15.7. The van der Waals surface area contributed by atoms with Gasteiger partial charge in [-0.15, -0.1) is 34.9 Å². The van der Waals surface area contributed by atoms with Crippen LogP contribution in [0.25, 0.3) is 0 Å². The predicted octanol–water partition coefficient (Wildman–Crippen LogP) is 10.9. The highest BCUT2D eigenvalue weighted by Gasteiger charge is 2.55. The molecule has 2 aliphatic heterocycles. The fourth-order valence-corrected chi connectivity index (χ4v) is 12.4. The minimum Gasteiger partial charge on any atom is -0.497 e. The van der Waals surface area contributed by atoms with Gasteiger partial charge in [0.1, 0.15) is 40.7 Å². The molecule has 2 atom stereocenters. The molecule has 3 heterocycles. The molecule has 0 radical (unpaired) electrons. The minimum atomic E-state index is -1.37. The third-order valence-electron chi connectivity index (χ3n) is 13.2. The van der Waals surface area contributed by atoms with Crippen molar-refractivity contribution in [2.75, 3.05) is 29.7 Å². The van der Waals surface area contributed by atoms with E-state index >= 15 is 4.79 Å². The molecule has 2 N–H and O–H groups in total. The molecule has 2 amide bonds. The van der Waals surface area contributed by atoms with E-state index in [1.165, 1.54) is 39.8 Å². The lowest BCUT2D eigenvalue weighted by molar-refractivity contribution is -0.153. The molecule has 0 spiro atoms. The van der Waals surface area contributed by atoms with Crippen molar-refractivity contribution in [3.63, 3.8) is 0 Å². The van der Waals surface area contributed by atoms with Crippen LogP contribution >= 0.6 is 34.9 Å². The van der Waals surface area contributed by atoms with E-state index in [0.717, 1.165) is 38.9 Å². The molecule has 0 bridgehead atoms. The maximum absolute atomic E-state index is 15.3. The van der Waals surface area contributed by atoms with E-state index in [4.69, 9.17) is 24.5 Å². The van der Waals surface area contributed by atoms with E-state index in [2.05, 4.69) is 53.1 Å². The van der Waals surface area contributed by atoms with Crippen molar-refractivity contribution in [1.29, 1.82) is 5.26 Å². The summed E-state index contributed by atoms with van der Waals surface area (Å²) in [5.74, 6) is -0.354. The molecule has 1 fully saturated rings. The van der Waals surface area contributed by atoms with E-state index in [1.54, 1.807) is 36.8 Å². The molecule has 378 valence electrons. The van der Waals surface area contributed by atoms with Crippen LogP contribution in [0.15, 0.2) is 228 Å². The van der Waals surface area contributed by atoms with Crippen molar-refractivity contribution in [3.8, 4) is 11.8 Å². The number of nitriles is 1. The normalized spacial score (nSPS) is 15.4. The Morgan fingerprint density at radius 1 is 0.737 bits per heavy atom. The summed E-state index contributed by atoms with van der Waals surface area (Å²) < 4.78 is 11.1. The van der Waals surface area contributed by atoms with Crippen molar-refractivity contribution in [1.82, 2.24) is 15.2 Å². The Bertz CT molecular complexity index is 3200. The SMILES string of the molecule is COc1ccc(COC(=O)C2=C(CSCC#N)CS[C@@H]3[C@H](NC(=O)/C(=N\OC(c4ccccc4)(c4ccccc4)c4ccccc4)c4csc(NC(c5ccccc5)(c5ccccc5)c5ccccc5)n4)C(=O)N23)cc1. The molecule has 0 aliphatic carbocycles. The van der Waals surface area contributed by atoms with Gasteiger partial charge in [0, 0.05) is 33.6 Å². The van der Waals surface area contributed by atoms with Crippen LogP contribution < -0.4 is 15.4 Å². The van der Waals surface area contributed by atoms with Crippen LogP contribution in [0.3, 0.4) is 0 Å². The van der Waals surface area contributed by atoms with E-state index in [1.807, 2.05) is 146 Å². The van der Waals surface area contributed by atoms with Crippen molar-refractivity contribution < 1.29 is 28.7 Å². The van der Waals surface area contributed by atoms with Gasteiger partial charge in [-0.05, 0) is 40.0 Å². The number of oxime groups is 1. The van der Waals surface area contributed by atoms with Crippen LogP contribution in [0.1, 0.15) is 44.6 Å². The van der Waals surface area contributed by atoms with Gasteiger partial charge in [0.25, 0.3) is 11.8 Å². The Labute approximate surface area is 453 Å². The number of carbonyl (C=O) groups is 3. The third-order valence-corrected chi connectivity index (χ3v) is 16.2. The predicted molar refractivity (Wildman–Crippen MR) is 300 cm³/mol. The van der Waals surface area contributed by atoms with Crippen molar-refractivity contribution >= 4 is 63.5 Å². The fraction of sp³-hybridized carbons (Fsp3) is 0.148. The largest absolute Gasteiger partial charge is 0.497 e. The van der Waals surface area contributed by atoms with Gasteiger partial charge < -0.3 is 24.9 Å². The van der Waals surface area contributed by atoms with Crippen LogP contribution in [0, 0.1) is 11.3 Å². The summed E-state index contributed by atoms with van der Waals surface area (Å²) in [6.07, 6.45) is 0. The van der Waals surface area contributed by atoms with Gasteiger partial charge in [-0.25, -0.2) is 9.78 Å². The molecule has 0 saturated carbocycles. The van der Waals surface area contributed by atoms with E-state index in [9.17, 15) is 14.9 Å². The summed E-state index contributed by atoms with van der Waals surface area (Å²) in [5, 5.41) is 22.6. The standard InChI is InChI=1S/C61H50N6O6S3/c1-71-50-34-32-42(33-35-50)38-72-58(70)54-43(39-74-37-36-62)40-75-57-53(56(69)67(54)57)64-55(68)52(66-73-61(47-26-14-5-15-27-47,48-28-16-6-17-29-48)49-30-18-7-19-31-49)51-41-76-59(63-51)65-60(44-20-8-2-9-21-44,45-22-10-3-11-23-45)46-24-12-4-13-25-46/h2-35,41,53,57H,37-40H2,1H3,(H,63,65)(H,64,68)/b66-52-/t53-,57-/m1/s1. The van der Waals surface area contributed by atoms with Crippen molar-refractivity contribution in [3.05, 3.63) is 268 Å². The van der Waals surface area contributed by atoms with Gasteiger partial charge in [-0.2, -0.15) is 5.26 Å². The second-order valence-corrected chi connectivity index (χ2v) is 20.7. The van der Waals surface area contributed by atoms with Gasteiger partial charge in [-0.3, -0.25) is 14.5 Å². The summed E-state index contributed by atoms with van der Waals surface area (Å²) >= 11 is 4.05. The van der Waals surface area contributed by atoms with Gasteiger partial charge in [0.15, 0.2) is 10.8 Å². The van der Waals surface area contributed by atoms with Crippen LogP contribution in [-0.4, -0.2) is 69.2 Å². The number of hydrogen-bond acceptors (Lipinski definition) is 13. The number of fused-ring (bicyclic) bond motifs is 1. The minimum absolute atomic E-state index is 0.0468. The van der Waals surface area contributed by atoms with Crippen LogP contribution in [0.2, 0.25) is 0 Å². The monoisotopic (exact) mass is 1060 g/mol. The van der Waals surface area contributed by atoms with E-state index < -0.39 is 40.3 Å². The number of aromatic nitrogens is 1. The fourth-order valence-electron chi connectivity index (χ4n) is 9.53. The van der Waals surface area contributed by atoms with Gasteiger partial charge in [0.2, 0.25) is 5.60 Å². The Morgan fingerprint density at radius 3 is 1.72 bits per heavy atom. The highest BCUT2D eigenvalue weighted by Crippen LogP contribution is 2.44. The molecule has 1 saturated heterocycles. The number of rotatable bonds is 20. The highest BCUT2D eigenvalue weighted by molar-refractivity contribution is 8.01. The molecule has 76 heavy (non-hydrogen) atoms. The number of carbonyl (C=O) groups excluding carboxylic acids is 3. The summed E-state index contributed by atoms with van der Waals surface area (Å²) in [6.45, 7) is -0.0468. The molecule has 0 unspecified atom stereocenters. The number of nitrogens with zero attached hydrogens (tertiary/aromatic N) is 4. The topological polar surface area (TPSA) is 155 Å². The Hall–Kier alpha value is -8.42. The number of methoxy groups -OCH3 is 1. The number of benzene rings is 7. The number of nitrogens with one attached hydrogen (secondary N) is 2. The highest BCUT2D eigenvalue weighted by atomic mass is 32.2. The molecule has 12 nitrogen and oxygen atoms in total. The maximum Gasteiger partial charge on any atom is 0.355 e. The molecule has 7 aromatic carbocycles. The third kappa shape index (κ3) is 10.3. The zero-order chi connectivity index (χ0) is 52.3. The number of hydrogen-bond donors (Lipinski definition) is 2. The van der Waals surface area contributed by atoms with Gasteiger partial charge in [-0.1, -0.05) is 199 Å². The number of esters is 1. The van der Waals surface area contributed by atoms with Gasteiger partial charge >= 0.3 is 5.97 Å². The number of ether oxygens (including phenoxy) is 2. The van der Waals surface area contributed by atoms with Crippen LogP contribution in [-0.2, 0) is 41.7 Å². The summed E-state index contributed by atoms with van der Waals surface area (Å²) in [4.78, 5) is 57.4. The second-order valence-electron chi connectivity index (χ2n) is 17.7. The first-order chi connectivity index (χ1) is 37.3. The average molecular weight is 1060 g/mol. The van der Waals surface area contributed by atoms with Crippen LogP contribution in [0.5, 0.6) is 5.75 Å². The Morgan fingerprint density at radius 2 is 1.24 bits per heavy atom. The summed E-state index contributed by atoms with van der Waals surface area (Å²) in [7, 11) is 1.57. The number of β-lactam (4-membered cyclic amide) rings is 1. The number of thiazole rings is 1. The zero-order valence-electron chi connectivity index (χ0n) is 41.2. The molecule has 1 aromatic heterocycles. The number of anilines is 1. The average Bonchev–Trinajstić information content (AvgIpc) is 3.96. The van der Waals surface area contributed by atoms with Crippen molar-refractivity contribution in [2.24, 2.45) is 5.16 Å². The zero-order valence-corrected chi connectivity index (χ0v) is 43.6. The smallest absolute Gasteiger partial charge is 0.355 e. The molecule has 15 heteroatoms. The number of amides is 2. The quantitative estimate of drug-likeness (QED) is 0.0187. The lowest BCUT2D eigenvalue weighted by Crippen LogP contribution is -2.71. The Balaban J connectivity index is 1.04. The van der Waals surface area contributed by atoms with Gasteiger partial charge in [0.05, 0.1) is 18.9 Å². The summed E-state index contributed by atoms with van der Waals surface area (Å²) in [6, 6.07) is 67.7. The molecule has 8 aromatic rings. The molecule has 10 rings (SSSR count). The number of thioether (sulfide) groups is 2. The first-order valence-corrected chi connectivity index (χ1v) is 27.5. The molecular weight excluding hydrogens is 1010 g/mol. The van der Waals surface area contributed by atoms with E-state index in [-0.39, 0.29) is 29.5 Å². The molecule has 2 aliphatic rings. The van der Waals surface area contributed by atoms with Crippen LogP contribution in [0.4, 0.5) is 5.13 Å². The lowest BCUT2D eigenvalue weighted by atomic mass is 9.77. The molecular formula is C61H50N6O6S3. The van der Waals surface area contributed by atoms with Crippen molar-refractivity contribution in [2.45, 2.75) is 29.2 Å². The summed E-state index contributed by atoms with van der Waals surface area (Å²) in [5.41, 5.74) is 4.33. The maximum atomic E-state index is 15.3. The first kappa shape index (κ1) is 51.1. The first-order valence-electron chi connectivity index (χ1n) is 24.4. The second kappa shape index (κ2) is 23.4. The lowest BCUT2D eigenvalue weighted by Gasteiger charge is -2.49. The van der Waals surface area contributed by atoms with E-state index in [0.29, 0.717) is 28.0 Å².